The van der Waals surface area contributed by atoms with Gasteiger partial charge in [0.1, 0.15) is 0 Å². The Morgan fingerprint density at radius 1 is 1.25 bits per heavy atom. The Hall–Kier alpha value is -2.02. The zero-order valence-corrected chi connectivity index (χ0v) is 12.0. The lowest BCUT2D eigenvalue weighted by Crippen LogP contribution is -2.07. The number of hydrogen-bond acceptors (Lipinski definition) is 7. The lowest BCUT2D eigenvalue weighted by Gasteiger charge is -2.01. The number of Topliss-reactive ketones (excluding diaryl/α,β-unsaturated/α-hetero) is 1. The molecule has 2 aromatic heterocycles. The first kappa shape index (κ1) is 14.4. The quantitative estimate of drug-likeness (QED) is 0.601. The smallest absolute Gasteiger partial charge is 0.306 e. The third kappa shape index (κ3) is 3.99. The molecule has 0 spiro atoms. The summed E-state index contributed by atoms with van der Waals surface area (Å²) in [4.78, 5) is 25.0. The molecule has 0 fully saturated rings. The largest absolute Gasteiger partial charge is 0.456 e. The Labute approximate surface area is 119 Å². The van der Waals surface area contributed by atoms with Crippen LogP contribution in [0.25, 0.3) is 0 Å². The van der Waals surface area contributed by atoms with Crippen LogP contribution in [0.3, 0.4) is 0 Å². The van der Waals surface area contributed by atoms with Crippen LogP contribution in [0.5, 0.6) is 0 Å². The summed E-state index contributed by atoms with van der Waals surface area (Å²) in [6.45, 7) is 3.52. The number of hydrogen-bond donors (Lipinski definition) is 0. The van der Waals surface area contributed by atoms with Crippen LogP contribution < -0.4 is 0 Å². The fourth-order valence-corrected chi connectivity index (χ4v) is 2.37. The minimum absolute atomic E-state index is 0.0445. The molecule has 2 rings (SSSR count). The van der Waals surface area contributed by atoms with Crippen LogP contribution in [0.1, 0.15) is 39.2 Å². The van der Waals surface area contributed by atoms with Gasteiger partial charge in [0.05, 0.1) is 11.3 Å². The van der Waals surface area contributed by atoms with Crippen LogP contribution in [0.4, 0.5) is 0 Å². The molecule has 2 aromatic rings. The van der Waals surface area contributed by atoms with Crippen molar-refractivity contribution in [3.05, 3.63) is 33.7 Å². The van der Waals surface area contributed by atoms with E-state index in [9.17, 15) is 9.59 Å². The van der Waals surface area contributed by atoms with Crippen molar-refractivity contribution in [3.63, 3.8) is 0 Å². The first-order valence-electron chi connectivity index (χ1n) is 6.09. The molecule has 0 atom stereocenters. The van der Waals surface area contributed by atoms with Gasteiger partial charge in [-0.05, 0) is 19.1 Å². The van der Waals surface area contributed by atoms with Crippen LogP contribution in [0.2, 0.25) is 0 Å². The highest BCUT2D eigenvalue weighted by Crippen LogP contribution is 2.17. The number of carbonyl (C=O) groups is 2. The zero-order valence-electron chi connectivity index (χ0n) is 11.2. The summed E-state index contributed by atoms with van der Waals surface area (Å²) >= 11 is 1.43. The number of thiophene rings is 1. The summed E-state index contributed by atoms with van der Waals surface area (Å²) in [6.07, 6.45) is 0.185. The van der Waals surface area contributed by atoms with Gasteiger partial charge in [-0.3, -0.25) is 9.59 Å². The van der Waals surface area contributed by atoms with E-state index in [-0.39, 0.29) is 31.1 Å². The lowest BCUT2D eigenvalue weighted by molar-refractivity contribution is -0.145. The molecule has 0 unspecified atom stereocenters. The zero-order chi connectivity index (χ0) is 14.5. The monoisotopic (exact) mass is 294 g/mol. The standard InChI is InChI=1S/C13H14N2O4S/c1-8-3-5-11(20-8)10(16)4-6-13(17)18-7-12-15-14-9(2)19-12/h3,5H,4,6-7H2,1-2H3. The summed E-state index contributed by atoms with van der Waals surface area (Å²) in [7, 11) is 0. The molecule has 0 bridgehead atoms. The van der Waals surface area contributed by atoms with Crippen LogP contribution in [0, 0.1) is 13.8 Å². The molecule has 2 heterocycles. The molecule has 0 aromatic carbocycles. The number of aryl methyl sites for hydroxylation is 2. The van der Waals surface area contributed by atoms with Crippen molar-refractivity contribution in [2.24, 2.45) is 0 Å². The van der Waals surface area contributed by atoms with Crippen molar-refractivity contribution in [2.75, 3.05) is 0 Å². The van der Waals surface area contributed by atoms with Gasteiger partial charge in [-0.2, -0.15) is 0 Å². The second-order valence-electron chi connectivity index (χ2n) is 4.21. The number of ketones is 1. The second-order valence-corrected chi connectivity index (χ2v) is 5.50. The molecular weight excluding hydrogens is 280 g/mol. The number of ether oxygens (including phenoxy) is 1. The molecule has 6 nitrogen and oxygen atoms in total. The topological polar surface area (TPSA) is 82.3 Å². The number of rotatable bonds is 6. The molecule has 20 heavy (non-hydrogen) atoms. The molecular formula is C13H14N2O4S. The number of carbonyl (C=O) groups excluding carboxylic acids is 2. The van der Waals surface area contributed by atoms with Gasteiger partial charge in [0.25, 0.3) is 5.89 Å². The van der Waals surface area contributed by atoms with Gasteiger partial charge in [0.2, 0.25) is 5.89 Å². The maximum absolute atomic E-state index is 11.8. The van der Waals surface area contributed by atoms with E-state index in [0.29, 0.717) is 10.8 Å². The molecule has 106 valence electrons. The third-order valence-electron chi connectivity index (χ3n) is 2.50. The lowest BCUT2D eigenvalue weighted by atomic mass is 10.2. The number of aromatic nitrogens is 2. The molecule has 7 heteroatoms. The van der Waals surface area contributed by atoms with Crippen LogP contribution in [-0.4, -0.2) is 21.9 Å². The molecule has 0 saturated heterocycles. The van der Waals surface area contributed by atoms with Gasteiger partial charge < -0.3 is 9.15 Å². The molecule has 0 saturated carbocycles. The summed E-state index contributed by atoms with van der Waals surface area (Å²) < 4.78 is 10.0. The highest BCUT2D eigenvalue weighted by Gasteiger charge is 2.13. The Kier molecular flexibility index (Phi) is 4.62. The average Bonchev–Trinajstić information content (AvgIpc) is 3.02. The fourth-order valence-electron chi connectivity index (χ4n) is 1.53. The minimum Gasteiger partial charge on any atom is -0.456 e. The summed E-state index contributed by atoms with van der Waals surface area (Å²) in [6, 6.07) is 3.66. The van der Waals surface area contributed by atoms with Gasteiger partial charge in [-0.15, -0.1) is 21.5 Å². The Bertz CT molecular complexity index is 617. The first-order valence-corrected chi connectivity index (χ1v) is 6.90. The maximum Gasteiger partial charge on any atom is 0.306 e. The van der Waals surface area contributed by atoms with Crippen molar-refractivity contribution in [2.45, 2.75) is 33.3 Å². The van der Waals surface area contributed by atoms with Crippen molar-refractivity contribution < 1.29 is 18.7 Å². The SMILES string of the molecule is Cc1nnc(COC(=O)CCC(=O)c2ccc(C)s2)o1. The predicted octanol–water partition coefficient (Wildman–Crippen LogP) is 2.45. The van der Waals surface area contributed by atoms with Gasteiger partial charge in [-0.1, -0.05) is 0 Å². The summed E-state index contributed by atoms with van der Waals surface area (Å²) in [5, 5.41) is 7.32. The maximum atomic E-state index is 11.8. The highest BCUT2D eigenvalue weighted by atomic mass is 32.1. The molecule has 0 aliphatic heterocycles. The molecule has 0 N–H and O–H groups in total. The van der Waals surface area contributed by atoms with Gasteiger partial charge in [0, 0.05) is 18.2 Å². The van der Waals surface area contributed by atoms with Crippen LogP contribution in [-0.2, 0) is 16.1 Å². The summed E-state index contributed by atoms with van der Waals surface area (Å²) in [5.74, 6) is 0.159. The van der Waals surface area contributed by atoms with Crippen molar-refractivity contribution >= 4 is 23.1 Å². The predicted molar refractivity (Wildman–Crippen MR) is 71.5 cm³/mol. The van der Waals surface area contributed by atoms with Crippen molar-refractivity contribution in [3.8, 4) is 0 Å². The van der Waals surface area contributed by atoms with E-state index < -0.39 is 5.97 Å². The molecule has 0 radical (unpaired) electrons. The van der Waals surface area contributed by atoms with Crippen molar-refractivity contribution in [1.29, 1.82) is 0 Å². The van der Waals surface area contributed by atoms with E-state index in [0.717, 1.165) is 4.88 Å². The Balaban J connectivity index is 1.73. The van der Waals surface area contributed by atoms with Gasteiger partial charge in [0.15, 0.2) is 12.4 Å². The van der Waals surface area contributed by atoms with E-state index in [1.807, 2.05) is 13.0 Å². The Morgan fingerprint density at radius 2 is 2.05 bits per heavy atom. The van der Waals surface area contributed by atoms with E-state index in [2.05, 4.69) is 10.2 Å². The first-order chi connectivity index (χ1) is 9.54. The highest BCUT2D eigenvalue weighted by molar-refractivity contribution is 7.14. The number of nitrogens with zero attached hydrogens (tertiary/aromatic N) is 2. The Morgan fingerprint density at radius 3 is 2.65 bits per heavy atom. The van der Waals surface area contributed by atoms with E-state index in [1.165, 1.54) is 11.3 Å². The average molecular weight is 294 g/mol. The van der Waals surface area contributed by atoms with Crippen LogP contribution in [0.15, 0.2) is 16.5 Å². The van der Waals surface area contributed by atoms with Gasteiger partial charge in [-0.25, -0.2) is 0 Å². The fraction of sp³-hybridized carbons (Fsp3) is 0.385. The van der Waals surface area contributed by atoms with Crippen molar-refractivity contribution in [1.82, 2.24) is 10.2 Å². The van der Waals surface area contributed by atoms with Gasteiger partial charge >= 0.3 is 5.97 Å². The number of esters is 1. The van der Waals surface area contributed by atoms with E-state index in [4.69, 9.17) is 9.15 Å². The van der Waals surface area contributed by atoms with E-state index >= 15 is 0 Å². The second kappa shape index (κ2) is 6.42. The summed E-state index contributed by atoms with van der Waals surface area (Å²) in [5.41, 5.74) is 0. The van der Waals surface area contributed by atoms with E-state index in [1.54, 1.807) is 13.0 Å². The normalized spacial score (nSPS) is 10.5. The molecule has 0 aliphatic rings. The third-order valence-corrected chi connectivity index (χ3v) is 3.54. The minimum atomic E-state index is -0.456. The molecule has 0 aliphatic carbocycles. The van der Waals surface area contributed by atoms with Crippen LogP contribution >= 0.6 is 11.3 Å². The molecule has 0 amide bonds.